The first-order chi connectivity index (χ1) is 8.99. The van der Waals surface area contributed by atoms with Crippen LogP contribution >= 0.6 is 15.9 Å². The van der Waals surface area contributed by atoms with E-state index < -0.39 is 0 Å². The van der Waals surface area contributed by atoms with Gasteiger partial charge in [-0.15, -0.1) is 0 Å². The molecule has 2 aromatic carbocycles. The Bertz CT molecular complexity index is 567. The van der Waals surface area contributed by atoms with Crippen molar-refractivity contribution < 1.29 is 0 Å². The number of benzene rings is 2. The third-order valence-electron chi connectivity index (χ3n) is 3.41. The highest BCUT2D eigenvalue weighted by atomic mass is 79.9. The standard InChI is InChI=1S/C17H20BrN/c1-11-9-12(2)17(13(3)10-11)19-14(4)15-7-5-6-8-16(15)18/h5-10,14,19H,1-4H3. The number of halogens is 1. The van der Waals surface area contributed by atoms with E-state index in [-0.39, 0.29) is 6.04 Å². The summed E-state index contributed by atoms with van der Waals surface area (Å²) < 4.78 is 1.15. The highest BCUT2D eigenvalue weighted by Crippen LogP contribution is 2.29. The van der Waals surface area contributed by atoms with Crippen molar-refractivity contribution in [2.45, 2.75) is 33.7 Å². The van der Waals surface area contributed by atoms with Crippen LogP contribution in [0.1, 0.15) is 35.2 Å². The van der Waals surface area contributed by atoms with Gasteiger partial charge in [0.2, 0.25) is 0 Å². The molecule has 0 fully saturated rings. The van der Waals surface area contributed by atoms with Crippen molar-refractivity contribution in [2.75, 3.05) is 5.32 Å². The molecule has 0 saturated carbocycles. The quantitative estimate of drug-likeness (QED) is 0.782. The molecule has 100 valence electrons. The molecule has 2 rings (SSSR count). The minimum Gasteiger partial charge on any atom is -0.378 e. The second-order valence-electron chi connectivity index (χ2n) is 5.16. The Balaban J connectivity index is 2.29. The lowest BCUT2D eigenvalue weighted by molar-refractivity contribution is 0.874. The zero-order chi connectivity index (χ0) is 14.0. The van der Waals surface area contributed by atoms with Crippen LogP contribution in [0, 0.1) is 20.8 Å². The van der Waals surface area contributed by atoms with Crippen LogP contribution in [0.4, 0.5) is 5.69 Å². The number of anilines is 1. The molecule has 1 atom stereocenters. The minimum atomic E-state index is 0.274. The SMILES string of the molecule is Cc1cc(C)c(NC(C)c2ccccc2Br)c(C)c1. The first kappa shape index (κ1) is 14.1. The van der Waals surface area contributed by atoms with Gasteiger partial charge in [0.05, 0.1) is 0 Å². The molecule has 0 aromatic heterocycles. The Morgan fingerprint density at radius 1 is 1.00 bits per heavy atom. The third kappa shape index (κ3) is 3.19. The summed E-state index contributed by atoms with van der Waals surface area (Å²) in [6.07, 6.45) is 0. The molecule has 1 nitrogen and oxygen atoms in total. The predicted octanol–water partition coefficient (Wildman–Crippen LogP) is 5.55. The van der Waals surface area contributed by atoms with Gasteiger partial charge in [0.15, 0.2) is 0 Å². The Morgan fingerprint density at radius 2 is 1.58 bits per heavy atom. The Kier molecular flexibility index (Phi) is 4.31. The van der Waals surface area contributed by atoms with Gasteiger partial charge in [0, 0.05) is 16.2 Å². The lowest BCUT2D eigenvalue weighted by Gasteiger charge is -2.21. The van der Waals surface area contributed by atoms with Crippen LogP contribution in [-0.2, 0) is 0 Å². The zero-order valence-electron chi connectivity index (χ0n) is 11.9. The van der Waals surface area contributed by atoms with Crippen LogP contribution in [0.5, 0.6) is 0 Å². The fraction of sp³-hybridized carbons (Fsp3) is 0.294. The molecule has 1 N–H and O–H groups in total. The van der Waals surface area contributed by atoms with Crippen LogP contribution in [0.2, 0.25) is 0 Å². The average molecular weight is 318 g/mol. The van der Waals surface area contributed by atoms with E-state index in [2.05, 4.69) is 79.3 Å². The van der Waals surface area contributed by atoms with Crippen LogP contribution in [0.15, 0.2) is 40.9 Å². The number of rotatable bonds is 3. The first-order valence-corrected chi connectivity index (χ1v) is 7.37. The van der Waals surface area contributed by atoms with Crippen molar-refractivity contribution >= 4 is 21.6 Å². The monoisotopic (exact) mass is 317 g/mol. The smallest absolute Gasteiger partial charge is 0.0497 e. The normalized spacial score (nSPS) is 12.3. The highest BCUT2D eigenvalue weighted by Gasteiger charge is 2.11. The summed E-state index contributed by atoms with van der Waals surface area (Å²) in [5, 5.41) is 3.63. The van der Waals surface area contributed by atoms with Gasteiger partial charge in [-0.3, -0.25) is 0 Å². The molecule has 2 heteroatoms. The largest absolute Gasteiger partial charge is 0.378 e. The molecule has 2 aromatic rings. The van der Waals surface area contributed by atoms with Crippen LogP contribution in [0.3, 0.4) is 0 Å². The van der Waals surface area contributed by atoms with E-state index in [1.165, 1.54) is 27.9 Å². The van der Waals surface area contributed by atoms with Crippen molar-refractivity contribution in [2.24, 2.45) is 0 Å². The molecule has 19 heavy (non-hydrogen) atoms. The maximum absolute atomic E-state index is 3.63. The topological polar surface area (TPSA) is 12.0 Å². The third-order valence-corrected chi connectivity index (χ3v) is 4.13. The molecule has 0 aliphatic heterocycles. The predicted molar refractivity (Wildman–Crippen MR) is 86.8 cm³/mol. The molecule has 0 aliphatic carbocycles. The van der Waals surface area contributed by atoms with Gasteiger partial charge < -0.3 is 5.32 Å². The van der Waals surface area contributed by atoms with Crippen molar-refractivity contribution in [3.8, 4) is 0 Å². The van der Waals surface area contributed by atoms with E-state index >= 15 is 0 Å². The second kappa shape index (κ2) is 5.79. The average Bonchev–Trinajstić information content (AvgIpc) is 2.34. The molecule has 0 aliphatic rings. The maximum Gasteiger partial charge on any atom is 0.0497 e. The summed E-state index contributed by atoms with van der Waals surface area (Å²) in [5.41, 5.74) is 6.44. The molecule has 0 saturated heterocycles. The van der Waals surface area contributed by atoms with Crippen molar-refractivity contribution in [1.29, 1.82) is 0 Å². The number of hydrogen-bond acceptors (Lipinski definition) is 1. The van der Waals surface area contributed by atoms with Gasteiger partial charge in [0.1, 0.15) is 0 Å². The van der Waals surface area contributed by atoms with E-state index in [0.29, 0.717) is 0 Å². The first-order valence-electron chi connectivity index (χ1n) is 6.58. The maximum atomic E-state index is 3.63. The van der Waals surface area contributed by atoms with E-state index in [1.54, 1.807) is 0 Å². The van der Waals surface area contributed by atoms with Gasteiger partial charge in [-0.05, 0) is 50.5 Å². The molecule has 0 spiro atoms. The Morgan fingerprint density at radius 3 is 2.16 bits per heavy atom. The van der Waals surface area contributed by atoms with Gasteiger partial charge in [0.25, 0.3) is 0 Å². The van der Waals surface area contributed by atoms with E-state index in [4.69, 9.17) is 0 Å². The van der Waals surface area contributed by atoms with Gasteiger partial charge in [-0.1, -0.05) is 51.8 Å². The van der Waals surface area contributed by atoms with Crippen molar-refractivity contribution in [3.05, 3.63) is 63.1 Å². The highest BCUT2D eigenvalue weighted by molar-refractivity contribution is 9.10. The summed E-state index contributed by atoms with van der Waals surface area (Å²) >= 11 is 3.62. The molecular formula is C17H20BrN. The molecule has 0 amide bonds. The van der Waals surface area contributed by atoms with E-state index in [0.717, 1.165) is 4.47 Å². The zero-order valence-corrected chi connectivity index (χ0v) is 13.5. The molecular weight excluding hydrogens is 298 g/mol. The summed E-state index contributed by atoms with van der Waals surface area (Å²) in [6, 6.07) is 13.1. The number of hydrogen-bond donors (Lipinski definition) is 1. The van der Waals surface area contributed by atoms with Gasteiger partial charge >= 0.3 is 0 Å². The van der Waals surface area contributed by atoms with Gasteiger partial charge in [-0.25, -0.2) is 0 Å². The van der Waals surface area contributed by atoms with Crippen LogP contribution < -0.4 is 5.32 Å². The fourth-order valence-electron chi connectivity index (χ4n) is 2.53. The molecule has 0 bridgehead atoms. The lowest BCUT2D eigenvalue weighted by atomic mass is 10.0. The second-order valence-corrected chi connectivity index (χ2v) is 6.02. The Labute approximate surface area is 124 Å². The van der Waals surface area contributed by atoms with E-state index in [1.807, 2.05) is 6.07 Å². The van der Waals surface area contributed by atoms with Crippen molar-refractivity contribution in [1.82, 2.24) is 0 Å². The van der Waals surface area contributed by atoms with Crippen LogP contribution in [0.25, 0.3) is 0 Å². The van der Waals surface area contributed by atoms with Crippen molar-refractivity contribution in [3.63, 3.8) is 0 Å². The summed E-state index contributed by atoms with van der Waals surface area (Å²) in [6.45, 7) is 8.66. The fourth-order valence-corrected chi connectivity index (χ4v) is 3.16. The Hall–Kier alpha value is -1.28. The summed E-state index contributed by atoms with van der Waals surface area (Å²) in [4.78, 5) is 0. The molecule has 1 unspecified atom stereocenters. The lowest BCUT2D eigenvalue weighted by Crippen LogP contribution is -2.09. The molecule has 0 heterocycles. The van der Waals surface area contributed by atoms with Gasteiger partial charge in [-0.2, -0.15) is 0 Å². The van der Waals surface area contributed by atoms with Crippen LogP contribution in [-0.4, -0.2) is 0 Å². The number of nitrogens with one attached hydrogen (secondary N) is 1. The van der Waals surface area contributed by atoms with E-state index in [9.17, 15) is 0 Å². The minimum absolute atomic E-state index is 0.274. The summed E-state index contributed by atoms with van der Waals surface area (Å²) in [7, 11) is 0. The number of aryl methyl sites for hydroxylation is 3. The summed E-state index contributed by atoms with van der Waals surface area (Å²) in [5.74, 6) is 0. The molecule has 0 radical (unpaired) electrons.